The van der Waals surface area contributed by atoms with E-state index in [1.807, 2.05) is 35.6 Å². The molecule has 0 aliphatic carbocycles. The lowest BCUT2D eigenvalue weighted by molar-refractivity contribution is 0.0600. The molecule has 0 saturated carbocycles. The maximum atomic E-state index is 11.4. The summed E-state index contributed by atoms with van der Waals surface area (Å²) in [5.41, 5.74) is 3.30. The molecule has 1 aromatic carbocycles. The highest BCUT2D eigenvalue weighted by atomic mass is 32.1. The van der Waals surface area contributed by atoms with Crippen LogP contribution in [0.4, 0.5) is 0 Å². The molecule has 0 atom stereocenters. The quantitative estimate of drug-likeness (QED) is 0.812. The molecule has 20 heavy (non-hydrogen) atoms. The van der Waals surface area contributed by atoms with Crippen LogP contribution in [0.2, 0.25) is 0 Å². The molecule has 3 rings (SSSR count). The first-order chi connectivity index (χ1) is 9.76. The van der Waals surface area contributed by atoms with E-state index in [4.69, 9.17) is 4.74 Å². The minimum Gasteiger partial charge on any atom is -0.465 e. The third kappa shape index (κ3) is 2.76. The average Bonchev–Trinajstić information content (AvgIpc) is 2.95. The van der Waals surface area contributed by atoms with Gasteiger partial charge < -0.3 is 4.74 Å². The zero-order chi connectivity index (χ0) is 13.9. The maximum Gasteiger partial charge on any atom is 0.337 e. The molecule has 2 heterocycles. The number of fused-ring (bicyclic) bond motifs is 1. The lowest BCUT2D eigenvalue weighted by atomic mass is 10.1. The van der Waals surface area contributed by atoms with E-state index in [0.717, 1.165) is 26.1 Å². The highest BCUT2D eigenvalue weighted by molar-refractivity contribution is 7.10. The van der Waals surface area contributed by atoms with Crippen molar-refractivity contribution in [3.63, 3.8) is 0 Å². The SMILES string of the molecule is COC(=O)c1ccc(CN2CCc3sccc3C2)cc1. The second-order valence-corrected chi connectivity index (χ2v) is 6.02. The van der Waals surface area contributed by atoms with Crippen LogP contribution in [0.5, 0.6) is 0 Å². The minimum absolute atomic E-state index is 0.280. The molecule has 104 valence electrons. The molecule has 1 aromatic heterocycles. The number of thiophene rings is 1. The number of hydrogen-bond donors (Lipinski definition) is 0. The second-order valence-electron chi connectivity index (χ2n) is 5.02. The smallest absolute Gasteiger partial charge is 0.337 e. The molecular formula is C16H17NO2S. The summed E-state index contributed by atoms with van der Waals surface area (Å²) in [6.45, 7) is 3.06. The van der Waals surface area contributed by atoms with Crippen molar-refractivity contribution in [1.29, 1.82) is 0 Å². The lowest BCUT2D eigenvalue weighted by Gasteiger charge is -2.26. The van der Waals surface area contributed by atoms with Crippen LogP contribution >= 0.6 is 11.3 Å². The molecule has 0 bridgehead atoms. The highest BCUT2D eigenvalue weighted by Crippen LogP contribution is 2.25. The van der Waals surface area contributed by atoms with Crippen molar-refractivity contribution in [2.75, 3.05) is 13.7 Å². The summed E-state index contributed by atoms with van der Waals surface area (Å²) in [5.74, 6) is -0.280. The molecule has 3 nitrogen and oxygen atoms in total. The largest absolute Gasteiger partial charge is 0.465 e. The molecule has 1 aliphatic heterocycles. The first-order valence-electron chi connectivity index (χ1n) is 6.71. The van der Waals surface area contributed by atoms with Gasteiger partial charge in [-0.1, -0.05) is 12.1 Å². The zero-order valence-corrected chi connectivity index (χ0v) is 12.3. The van der Waals surface area contributed by atoms with Crippen molar-refractivity contribution in [3.8, 4) is 0 Å². The zero-order valence-electron chi connectivity index (χ0n) is 11.5. The Morgan fingerprint density at radius 3 is 2.85 bits per heavy atom. The minimum atomic E-state index is -0.280. The fraction of sp³-hybridized carbons (Fsp3) is 0.312. The van der Waals surface area contributed by atoms with Crippen molar-refractivity contribution in [2.45, 2.75) is 19.5 Å². The predicted molar refractivity (Wildman–Crippen MR) is 79.9 cm³/mol. The molecule has 0 N–H and O–H groups in total. The summed E-state index contributed by atoms with van der Waals surface area (Å²) in [5, 5.41) is 2.18. The number of hydrogen-bond acceptors (Lipinski definition) is 4. The number of carbonyl (C=O) groups excluding carboxylic acids is 1. The van der Waals surface area contributed by atoms with Crippen LogP contribution in [0, 0.1) is 0 Å². The molecule has 0 spiro atoms. The van der Waals surface area contributed by atoms with Gasteiger partial charge in [-0.2, -0.15) is 0 Å². The topological polar surface area (TPSA) is 29.5 Å². The number of rotatable bonds is 3. The molecular weight excluding hydrogens is 270 g/mol. The normalized spacial score (nSPS) is 14.8. The van der Waals surface area contributed by atoms with Crippen LogP contribution in [0.15, 0.2) is 35.7 Å². The van der Waals surface area contributed by atoms with Gasteiger partial charge in [-0.3, -0.25) is 4.90 Å². The monoisotopic (exact) mass is 287 g/mol. The Morgan fingerprint density at radius 2 is 2.10 bits per heavy atom. The molecule has 0 fully saturated rings. The standard InChI is InChI=1S/C16H17NO2S/c1-19-16(18)13-4-2-12(3-5-13)10-17-8-6-15-14(11-17)7-9-20-15/h2-5,7,9H,6,8,10-11H2,1H3. The van der Waals surface area contributed by atoms with Crippen LogP contribution in [0.3, 0.4) is 0 Å². The molecule has 0 unspecified atom stereocenters. The maximum absolute atomic E-state index is 11.4. The van der Waals surface area contributed by atoms with Crippen LogP contribution < -0.4 is 0 Å². The molecule has 1 aliphatic rings. The van der Waals surface area contributed by atoms with E-state index in [2.05, 4.69) is 16.3 Å². The van der Waals surface area contributed by atoms with Crippen molar-refractivity contribution >= 4 is 17.3 Å². The first-order valence-corrected chi connectivity index (χ1v) is 7.59. The number of ether oxygens (including phenoxy) is 1. The van der Waals surface area contributed by atoms with Crippen molar-refractivity contribution in [3.05, 3.63) is 57.3 Å². The lowest BCUT2D eigenvalue weighted by Crippen LogP contribution is -2.29. The summed E-state index contributed by atoms with van der Waals surface area (Å²) in [7, 11) is 1.41. The fourth-order valence-electron chi connectivity index (χ4n) is 2.56. The van der Waals surface area contributed by atoms with Gasteiger partial charge in [0, 0.05) is 24.5 Å². The third-order valence-corrected chi connectivity index (χ3v) is 4.69. The number of benzene rings is 1. The number of methoxy groups -OCH3 is 1. The van der Waals surface area contributed by atoms with Crippen molar-refractivity contribution in [1.82, 2.24) is 4.90 Å². The fourth-order valence-corrected chi connectivity index (χ4v) is 3.45. The van der Waals surface area contributed by atoms with Crippen LogP contribution in [-0.2, 0) is 24.2 Å². The van der Waals surface area contributed by atoms with Gasteiger partial charge in [0.25, 0.3) is 0 Å². The van der Waals surface area contributed by atoms with E-state index < -0.39 is 0 Å². The average molecular weight is 287 g/mol. The van der Waals surface area contributed by atoms with Crippen LogP contribution in [0.25, 0.3) is 0 Å². The van der Waals surface area contributed by atoms with Gasteiger partial charge in [-0.05, 0) is 41.1 Å². The van der Waals surface area contributed by atoms with Gasteiger partial charge in [0.05, 0.1) is 12.7 Å². The Bertz CT molecular complexity index is 603. The van der Waals surface area contributed by atoms with Gasteiger partial charge in [-0.15, -0.1) is 11.3 Å². The summed E-state index contributed by atoms with van der Waals surface area (Å²) in [6, 6.07) is 9.92. The van der Waals surface area contributed by atoms with E-state index >= 15 is 0 Å². The van der Waals surface area contributed by atoms with Gasteiger partial charge >= 0.3 is 5.97 Å². The van der Waals surface area contributed by atoms with Crippen LogP contribution in [0.1, 0.15) is 26.4 Å². The predicted octanol–water partition coefficient (Wildman–Crippen LogP) is 3.09. The highest BCUT2D eigenvalue weighted by Gasteiger charge is 2.17. The van der Waals surface area contributed by atoms with Gasteiger partial charge in [0.15, 0.2) is 0 Å². The molecule has 0 saturated heterocycles. The van der Waals surface area contributed by atoms with E-state index in [-0.39, 0.29) is 5.97 Å². The van der Waals surface area contributed by atoms with E-state index in [9.17, 15) is 4.79 Å². The number of esters is 1. The molecule has 0 amide bonds. The van der Waals surface area contributed by atoms with Crippen LogP contribution in [-0.4, -0.2) is 24.5 Å². The van der Waals surface area contributed by atoms with E-state index in [0.29, 0.717) is 5.56 Å². The Balaban J connectivity index is 1.65. The van der Waals surface area contributed by atoms with E-state index in [1.54, 1.807) is 0 Å². The second kappa shape index (κ2) is 5.77. The summed E-state index contributed by atoms with van der Waals surface area (Å²) in [6.07, 6.45) is 1.15. The Labute approximate surface area is 122 Å². The summed E-state index contributed by atoms with van der Waals surface area (Å²) in [4.78, 5) is 15.4. The summed E-state index contributed by atoms with van der Waals surface area (Å²) >= 11 is 1.86. The van der Waals surface area contributed by atoms with E-state index in [1.165, 1.54) is 23.1 Å². The number of carbonyl (C=O) groups is 1. The van der Waals surface area contributed by atoms with Crippen molar-refractivity contribution < 1.29 is 9.53 Å². The summed E-state index contributed by atoms with van der Waals surface area (Å²) < 4.78 is 4.71. The van der Waals surface area contributed by atoms with Crippen molar-refractivity contribution in [2.24, 2.45) is 0 Å². The number of nitrogens with zero attached hydrogens (tertiary/aromatic N) is 1. The Kier molecular flexibility index (Phi) is 3.85. The molecule has 2 aromatic rings. The Hall–Kier alpha value is -1.65. The Morgan fingerprint density at radius 1 is 1.30 bits per heavy atom. The third-order valence-electron chi connectivity index (χ3n) is 3.67. The molecule has 4 heteroatoms. The van der Waals surface area contributed by atoms with Gasteiger partial charge in [0.1, 0.15) is 0 Å². The molecule has 0 radical (unpaired) electrons. The van der Waals surface area contributed by atoms with Gasteiger partial charge in [-0.25, -0.2) is 4.79 Å². The van der Waals surface area contributed by atoms with Gasteiger partial charge in [0.2, 0.25) is 0 Å². The first kappa shape index (κ1) is 13.3.